The predicted molar refractivity (Wildman–Crippen MR) is 76.2 cm³/mol. The standard InChI is InChI=1S/C14H21N5O/c1-4-19-13(17-10-18-19)9-15-8-12-6-5-7-16-14(12)20-11(2)3/h5-7,10-11,15H,4,8-9H2,1-3H3. The van der Waals surface area contributed by atoms with Crippen LogP contribution in [0.25, 0.3) is 0 Å². The minimum absolute atomic E-state index is 0.117. The lowest BCUT2D eigenvalue weighted by molar-refractivity contribution is 0.229. The van der Waals surface area contributed by atoms with Gasteiger partial charge in [-0.1, -0.05) is 6.07 Å². The fraction of sp³-hybridized carbons (Fsp3) is 0.500. The van der Waals surface area contributed by atoms with Gasteiger partial charge in [0.1, 0.15) is 12.2 Å². The fourth-order valence-corrected chi connectivity index (χ4v) is 1.89. The highest BCUT2D eigenvalue weighted by Crippen LogP contribution is 2.15. The second kappa shape index (κ2) is 7.00. The van der Waals surface area contributed by atoms with Gasteiger partial charge in [0.15, 0.2) is 0 Å². The Morgan fingerprint density at radius 1 is 1.30 bits per heavy atom. The highest BCUT2D eigenvalue weighted by molar-refractivity contribution is 5.25. The molecule has 6 heteroatoms. The Labute approximate surface area is 119 Å². The van der Waals surface area contributed by atoms with Crippen molar-refractivity contribution in [3.05, 3.63) is 36.0 Å². The number of rotatable bonds is 7. The molecule has 0 aliphatic heterocycles. The first-order valence-corrected chi connectivity index (χ1v) is 6.88. The first-order chi connectivity index (χ1) is 9.70. The molecule has 2 rings (SSSR count). The second-order valence-electron chi connectivity index (χ2n) is 4.73. The van der Waals surface area contributed by atoms with Gasteiger partial charge in [-0.3, -0.25) is 0 Å². The van der Waals surface area contributed by atoms with Gasteiger partial charge in [-0.25, -0.2) is 14.6 Å². The van der Waals surface area contributed by atoms with Gasteiger partial charge in [-0.15, -0.1) is 0 Å². The highest BCUT2D eigenvalue weighted by atomic mass is 16.5. The van der Waals surface area contributed by atoms with Crippen LogP contribution < -0.4 is 10.1 Å². The number of ether oxygens (including phenoxy) is 1. The lowest BCUT2D eigenvalue weighted by Gasteiger charge is -2.13. The Balaban J connectivity index is 1.94. The molecule has 1 N–H and O–H groups in total. The largest absolute Gasteiger partial charge is 0.475 e. The average Bonchev–Trinajstić information content (AvgIpc) is 2.87. The summed E-state index contributed by atoms with van der Waals surface area (Å²) in [6, 6.07) is 3.93. The van der Waals surface area contributed by atoms with Crippen LogP contribution in [0.4, 0.5) is 0 Å². The van der Waals surface area contributed by atoms with E-state index in [0.717, 1.165) is 17.9 Å². The summed E-state index contributed by atoms with van der Waals surface area (Å²) in [5.74, 6) is 1.62. The van der Waals surface area contributed by atoms with Gasteiger partial charge in [0, 0.05) is 24.8 Å². The van der Waals surface area contributed by atoms with E-state index in [1.165, 1.54) is 0 Å². The van der Waals surface area contributed by atoms with Crippen LogP contribution in [0.3, 0.4) is 0 Å². The molecule has 0 spiro atoms. The molecule has 0 fully saturated rings. The van der Waals surface area contributed by atoms with Crippen molar-refractivity contribution in [3.8, 4) is 5.88 Å². The minimum Gasteiger partial charge on any atom is -0.475 e. The summed E-state index contributed by atoms with van der Waals surface area (Å²) in [5.41, 5.74) is 1.05. The van der Waals surface area contributed by atoms with E-state index in [2.05, 4.69) is 20.4 Å². The number of nitrogens with one attached hydrogen (secondary N) is 1. The van der Waals surface area contributed by atoms with Gasteiger partial charge in [0.25, 0.3) is 0 Å². The molecule has 2 heterocycles. The quantitative estimate of drug-likeness (QED) is 0.834. The van der Waals surface area contributed by atoms with E-state index < -0.39 is 0 Å². The van der Waals surface area contributed by atoms with Crippen molar-refractivity contribution >= 4 is 0 Å². The van der Waals surface area contributed by atoms with E-state index in [1.807, 2.05) is 37.6 Å². The first kappa shape index (κ1) is 14.5. The van der Waals surface area contributed by atoms with Crippen LogP contribution in [-0.4, -0.2) is 25.9 Å². The van der Waals surface area contributed by atoms with Crippen molar-refractivity contribution < 1.29 is 4.74 Å². The van der Waals surface area contributed by atoms with E-state index in [9.17, 15) is 0 Å². The Bertz CT molecular complexity index is 538. The molecule has 0 atom stereocenters. The maximum atomic E-state index is 5.69. The van der Waals surface area contributed by atoms with Gasteiger partial charge in [0.2, 0.25) is 5.88 Å². The highest BCUT2D eigenvalue weighted by Gasteiger charge is 2.07. The van der Waals surface area contributed by atoms with Crippen LogP contribution in [0.2, 0.25) is 0 Å². The van der Waals surface area contributed by atoms with Crippen LogP contribution in [0.5, 0.6) is 5.88 Å². The Morgan fingerprint density at radius 2 is 2.15 bits per heavy atom. The summed E-state index contributed by atoms with van der Waals surface area (Å²) in [6.45, 7) is 8.22. The summed E-state index contributed by atoms with van der Waals surface area (Å²) in [6.07, 6.45) is 3.44. The predicted octanol–water partition coefficient (Wildman–Crippen LogP) is 1.77. The molecule has 0 aromatic carbocycles. The summed E-state index contributed by atoms with van der Waals surface area (Å²) < 4.78 is 7.57. The molecule has 0 amide bonds. The number of aromatic nitrogens is 4. The molecule has 0 unspecified atom stereocenters. The third-order valence-electron chi connectivity index (χ3n) is 2.79. The average molecular weight is 275 g/mol. The molecule has 0 saturated heterocycles. The Kier molecular flexibility index (Phi) is 5.06. The molecule has 20 heavy (non-hydrogen) atoms. The van der Waals surface area contributed by atoms with Crippen molar-refractivity contribution in [2.45, 2.75) is 46.5 Å². The normalized spacial score (nSPS) is 11.0. The molecule has 2 aromatic rings. The van der Waals surface area contributed by atoms with Crippen molar-refractivity contribution in [2.24, 2.45) is 0 Å². The molecule has 0 bridgehead atoms. The zero-order valence-corrected chi connectivity index (χ0v) is 12.2. The van der Waals surface area contributed by atoms with E-state index >= 15 is 0 Å². The van der Waals surface area contributed by atoms with Gasteiger partial charge in [-0.2, -0.15) is 5.10 Å². The zero-order chi connectivity index (χ0) is 14.4. The lowest BCUT2D eigenvalue weighted by Crippen LogP contribution is -2.18. The molecule has 108 valence electrons. The van der Waals surface area contributed by atoms with Gasteiger partial charge < -0.3 is 10.1 Å². The number of pyridine rings is 1. The smallest absolute Gasteiger partial charge is 0.218 e. The molecule has 2 aromatic heterocycles. The molecular weight excluding hydrogens is 254 g/mol. The second-order valence-corrected chi connectivity index (χ2v) is 4.73. The molecule has 0 saturated carbocycles. The van der Waals surface area contributed by atoms with Gasteiger partial charge >= 0.3 is 0 Å². The summed E-state index contributed by atoms with van der Waals surface area (Å²) in [4.78, 5) is 8.50. The maximum Gasteiger partial charge on any atom is 0.218 e. The van der Waals surface area contributed by atoms with Crippen LogP contribution in [-0.2, 0) is 19.6 Å². The van der Waals surface area contributed by atoms with E-state index in [4.69, 9.17) is 4.74 Å². The van der Waals surface area contributed by atoms with Crippen LogP contribution in [0.1, 0.15) is 32.2 Å². The van der Waals surface area contributed by atoms with Crippen molar-refractivity contribution in [2.75, 3.05) is 0 Å². The van der Waals surface area contributed by atoms with Gasteiger partial charge in [0.05, 0.1) is 12.6 Å². The lowest BCUT2D eigenvalue weighted by atomic mass is 10.2. The molecule has 0 aliphatic carbocycles. The topological polar surface area (TPSA) is 64.9 Å². The number of nitrogens with zero attached hydrogens (tertiary/aromatic N) is 4. The molecule has 0 radical (unpaired) electrons. The SMILES string of the molecule is CCn1ncnc1CNCc1cccnc1OC(C)C. The molecule has 6 nitrogen and oxygen atoms in total. The molecular formula is C14H21N5O. The number of hydrogen-bond acceptors (Lipinski definition) is 5. The zero-order valence-electron chi connectivity index (χ0n) is 12.2. The van der Waals surface area contributed by atoms with Crippen molar-refractivity contribution in [3.63, 3.8) is 0 Å². The van der Waals surface area contributed by atoms with Gasteiger partial charge in [-0.05, 0) is 26.8 Å². The molecule has 0 aliphatic rings. The monoisotopic (exact) mass is 275 g/mol. The summed E-state index contributed by atoms with van der Waals surface area (Å²) in [7, 11) is 0. The maximum absolute atomic E-state index is 5.69. The number of hydrogen-bond donors (Lipinski definition) is 1. The Morgan fingerprint density at radius 3 is 2.90 bits per heavy atom. The minimum atomic E-state index is 0.117. The van der Waals surface area contributed by atoms with Crippen LogP contribution in [0, 0.1) is 0 Å². The van der Waals surface area contributed by atoms with Crippen molar-refractivity contribution in [1.29, 1.82) is 0 Å². The fourth-order valence-electron chi connectivity index (χ4n) is 1.89. The van der Waals surface area contributed by atoms with Crippen molar-refractivity contribution in [1.82, 2.24) is 25.1 Å². The Hall–Kier alpha value is -1.95. The van der Waals surface area contributed by atoms with E-state index in [0.29, 0.717) is 19.0 Å². The summed E-state index contributed by atoms with van der Waals surface area (Å²) >= 11 is 0. The first-order valence-electron chi connectivity index (χ1n) is 6.88. The van der Waals surface area contributed by atoms with E-state index in [-0.39, 0.29) is 6.10 Å². The summed E-state index contributed by atoms with van der Waals surface area (Å²) in [5, 5.41) is 7.49. The van der Waals surface area contributed by atoms with Crippen LogP contribution >= 0.6 is 0 Å². The number of aryl methyl sites for hydroxylation is 1. The third kappa shape index (κ3) is 3.77. The third-order valence-corrected chi connectivity index (χ3v) is 2.79. The van der Waals surface area contributed by atoms with Crippen LogP contribution in [0.15, 0.2) is 24.7 Å². The van der Waals surface area contributed by atoms with E-state index in [1.54, 1.807) is 12.5 Å².